The van der Waals surface area contributed by atoms with Crippen LogP contribution >= 0.6 is 0 Å². The minimum absolute atomic E-state index is 0.173. The van der Waals surface area contributed by atoms with Gasteiger partial charge in [0, 0.05) is 0 Å². The summed E-state index contributed by atoms with van der Waals surface area (Å²) in [4.78, 5) is 5.06. The quantitative estimate of drug-likeness (QED) is 0.630. The number of halogens is 3. The third-order valence-electron chi connectivity index (χ3n) is 2.80. The zero-order chi connectivity index (χ0) is 16.0. The molecule has 0 atom stereocenters. The first-order chi connectivity index (χ1) is 10.5. The van der Waals surface area contributed by atoms with E-state index in [1.165, 1.54) is 18.3 Å². The summed E-state index contributed by atoms with van der Waals surface area (Å²) in [5, 5.41) is 12.5. The summed E-state index contributed by atoms with van der Waals surface area (Å²) in [7, 11) is 0. The fraction of sp³-hybridized carbons (Fsp3) is 0.125. The van der Waals surface area contributed by atoms with Crippen molar-refractivity contribution in [2.75, 3.05) is 0 Å². The Morgan fingerprint density at radius 2 is 1.86 bits per heavy atom. The van der Waals surface area contributed by atoms with Gasteiger partial charge in [0.25, 0.3) is 0 Å². The molecular weight excluding hydrogens is 293 g/mol. The maximum Gasteiger partial charge on any atom is 0.416 e. The average Bonchev–Trinajstić information content (AvgIpc) is 2.51. The van der Waals surface area contributed by atoms with Gasteiger partial charge in [-0.15, -0.1) is 0 Å². The van der Waals surface area contributed by atoms with Crippen molar-refractivity contribution in [1.29, 1.82) is 5.26 Å². The van der Waals surface area contributed by atoms with Gasteiger partial charge in [-0.25, -0.2) is 0 Å². The second kappa shape index (κ2) is 6.76. The fourth-order valence-electron chi connectivity index (χ4n) is 1.70. The van der Waals surface area contributed by atoms with Crippen molar-refractivity contribution in [2.45, 2.75) is 12.8 Å². The van der Waals surface area contributed by atoms with Crippen molar-refractivity contribution in [2.24, 2.45) is 5.16 Å². The molecule has 0 saturated carbocycles. The van der Waals surface area contributed by atoms with Gasteiger partial charge in [0.05, 0.1) is 23.4 Å². The highest BCUT2D eigenvalue weighted by Gasteiger charge is 2.29. The van der Waals surface area contributed by atoms with E-state index in [9.17, 15) is 13.2 Å². The standard InChI is InChI=1S/C16H11F3N2O/c17-16(18,19)15-6-4-12(5-7-15)10-21-22-11-14-3-1-2-13(8-14)9-20/h1-8,10H,11H2. The normalized spacial score (nSPS) is 11.4. The molecule has 0 N–H and O–H groups in total. The van der Waals surface area contributed by atoms with Gasteiger partial charge in [-0.05, 0) is 35.4 Å². The molecule has 0 aliphatic heterocycles. The highest BCUT2D eigenvalue weighted by Crippen LogP contribution is 2.28. The smallest absolute Gasteiger partial charge is 0.391 e. The molecule has 0 radical (unpaired) electrons. The first-order valence-electron chi connectivity index (χ1n) is 6.30. The number of hydrogen-bond donors (Lipinski definition) is 0. The summed E-state index contributed by atoms with van der Waals surface area (Å²) in [6, 6.07) is 13.5. The number of benzene rings is 2. The van der Waals surface area contributed by atoms with Crippen LogP contribution in [0.15, 0.2) is 53.7 Å². The van der Waals surface area contributed by atoms with Crippen LogP contribution in [0.2, 0.25) is 0 Å². The van der Waals surface area contributed by atoms with Crippen molar-refractivity contribution in [1.82, 2.24) is 0 Å². The van der Waals surface area contributed by atoms with Crippen LogP contribution in [-0.2, 0) is 17.6 Å². The topological polar surface area (TPSA) is 45.4 Å². The molecule has 0 heterocycles. The molecule has 0 aliphatic rings. The molecular formula is C16H11F3N2O. The number of nitriles is 1. The number of alkyl halides is 3. The van der Waals surface area contributed by atoms with E-state index < -0.39 is 11.7 Å². The van der Waals surface area contributed by atoms with E-state index in [0.29, 0.717) is 11.1 Å². The lowest BCUT2D eigenvalue weighted by Gasteiger charge is -2.05. The first kappa shape index (κ1) is 15.6. The molecule has 0 aliphatic carbocycles. The second-order valence-corrected chi connectivity index (χ2v) is 4.44. The van der Waals surface area contributed by atoms with Crippen LogP contribution < -0.4 is 0 Å². The van der Waals surface area contributed by atoms with Crippen molar-refractivity contribution in [3.63, 3.8) is 0 Å². The monoisotopic (exact) mass is 304 g/mol. The molecule has 0 spiro atoms. The van der Waals surface area contributed by atoms with E-state index in [1.54, 1.807) is 24.3 Å². The minimum Gasteiger partial charge on any atom is -0.391 e. The van der Waals surface area contributed by atoms with E-state index >= 15 is 0 Å². The third kappa shape index (κ3) is 4.35. The Kier molecular flexibility index (Phi) is 4.79. The predicted molar refractivity (Wildman–Crippen MR) is 75.0 cm³/mol. The lowest BCUT2D eigenvalue weighted by atomic mass is 10.1. The van der Waals surface area contributed by atoms with Gasteiger partial charge in [0.1, 0.15) is 6.61 Å². The molecule has 0 fully saturated rings. The van der Waals surface area contributed by atoms with Gasteiger partial charge in [-0.2, -0.15) is 18.4 Å². The van der Waals surface area contributed by atoms with E-state index in [1.807, 2.05) is 6.07 Å². The van der Waals surface area contributed by atoms with E-state index in [2.05, 4.69) is 5.16 Å². The van der Waals surface area contributed by atoms with Crippen LogP contribution in [0.3, 0.4) is 0 Å². The van der Waals surface area contributed by atoms with Crippen molar-refractivity contribution < 1.29 is 18.0 Å². The molecule has 2 rings (SSSR count). The Morgan fingerprint density at radius 1 is 1.14 bits per heavy atom. The Bertz CT molecular complexity index is 701. The molecule has 0 saturated heterocycles. The summed E-state index contributed by atoms with van der Waals surface area (Å²) in [5.74, 6) is 0. The van der Waals surface area contributed by atoms with Crippen molar-refractivity contribution >= 4 is 6.21 Å². The summed E-state index contributed by atoms with van der Waals surface area (Å²) in [6.45, 7) is 0.173. The van der Waals surface area contributed by atoms with Crippen LogP contribution in [0.25, 0.3) is 0 Å². The van der Waals surface area contributed by atoms with Gasteiger partial charge >= 0.3 is 6.18 Å². The average molecular weight is 304 g/mol. The molecule has 112 valence electrons. The molecule has 2 aromatic carbocycles. The minimum atomic E-state index is -4.35. The van der Waals surface area contributed by atoms with Crippen LogP contribution in [0.1, 0.15) is 22.3 Å². The molecule has 3 nitrogen and oxygen atoms in total. The van der Waals surface area contributed by atoms with Gasteiger partial charge in [-0.1, -0.05) is 29.4 Å². The zero-order valence-electron chi connectivity index (χ0n) is 11.3. The van der Waals surface area contributed by atoms with Gasteiger partial charge in [-0.3, -0.25) is 0 Å². The number of nitrogens with zero attached hydrogens (tertiary/aromatic N) is 2. The second-order valence-electron chi connectivity index (χ2n) is 4.44. The number of hydrogen-bond acceptors (Lipinski definition) is 3. The Labute approximate surface area is 125 Å². The predicted octanol–water partition coefficient (Wildman–Crippen LogP) is 4.13. The molecule has 0 bridgehead atoms. The maximum atomic E-state index is 12.4. The van der Waals surface area contributed by atoms with E-state index in [0.717, 1.165) is 17.7 Å². The van der Waals surface area contributed by atoms with Crippen LogP contribution in [0.4, 0.5) is 13.2 Å². The third-order valence-corrected chi connectivity index (χ3v) is 2.80. The summed E-state index contributed by atoms with van der Waals surface area (Å²) >= 11 is 0. The first-order valence-corrected chi connectivity index (χ1v) is 6.30. The van der Waals surface area contributed by atoms with Gasteiger partial charge in [0.15, 0.2) is 0 Å². The molecule has 2 aromatic rings. The highest BCUT2D eigenvalue weighted by atomic mass is 19.4. The SMILES string of the molecule is N#Cc1cccc(CON=Cc2ccc(C(F)(F)F)cc2)c1. The Hall–Kier alpha value is -2.81. The molecule has 0 aromatic heterocycles. The molecule has 0 amide bonds. The highest BCUT2D eigenvalue weighted by molar-refractivity contribution is 5.79. The fourth-order valence-corrected chi connectivity index (χ4v) is 1.70. The Balaban J connectivity index is 1.91. The summed E-state index contributed by atoms with van der Waals surface area (Å²) in [5.41, 5.74) is 1.09. The summed E-state index contributed by atoms with van der Waals surface area (Å²) in [6.07, 6.45) is -3.02. The van der Waals surface area contributed by atoms with Crippen LogP contribution in [-0.4, -0.2) is 6.21 Å². The van der Waals surface area contributed by atoms with Gasteiger partial charge < -0.3 is 4.84 Å². The number of oxime groups is 1. The molecule has 22 heavy (non-hydrogen) atoms. The van der Waals surface area contributed by atoms with Gasteiger partial charge in [0.2, 0.25) is 0 Å². The van der Waals surface area contributed by atoms with Crippen molar-refractivity contribution in [3.05, 3.63) is 70.8 Å². The van der Waals surface area contributed by atoms with E-state index in [4.69, 9.17) is 10.1 Å². The van der Waals surface area contributed by atoms with Crippen LogP contribution in [0, 0.1) is 11.3 Å². The van der Waals surface area contributed by atoms with E-state index in [-0.39, 0.29) is 6.61 Å². The lowest BCUT2D eigenvalue weighted by Crippen LogP contribution is -2.04. The lowest BCUT2D eigenvalue weighted by molar-refractivity contribution is -0.137. The molecule has 6 heteroatoms. The molecule has 0 unspecified atom stereocenters. The Morgan fingerprint density at radius 3 is 2.50 bits per heavy atom. The maximum absolute atomic E-state index is 12.4. The zero-order valence-corrected chi connectivity index (χ0v) is 11.3. The largest absolute Gasteiger partial charge is 0.416 e. The van der Waals surface area contributed by atoms with Crippen LogP contribution in [0.5, 0.6) is 0 Å². The van der Waals surface area contributed by atoms with Crippen molar-refractivity contribution in [3.8, 4) is 6.07 Å². The summed E-state index contributed by atoms with van der Waals surface area (Å²) < 4.78 is 37.2. The number of rotatable bonds is 4.